The van der Waals surface area contributed by atoms with Crippen molar-refractivity contribution < 1.29 is 19.2 Å². The van der Waals surface area contributed by atoms with Gasteiger partial charge in [0, 0.05) is 31.2 Å². The first-order chi connectivity index (χ1) is 13.6. The van der Waals surface area contributed by atoms with Gasteiger partial charge in [0.05, 0.1) is 19.4 Å². The highest BCUT2D eigenvalue weighted by molar-refractivity contribution is 5.97. The normalized spacial score (nSPS) is 15.5. The molecule has 146 valence electrons. The average molecular weight is 380 g/mol. The lowest BCUT2D eigenvalue weighted by Crippen LogP contribution is -2.32. The third-order valence-corrected chi connectivity index (χ3v) is 4.56. The molecule has 3 rings (SSSR count). The molecule has 0 spiro atoms. The first-order valence-corrected chi connectivity index (χ1v) is 9.33. The topological polar surface area (TPSA) is 77.0 Å². The molecule has 1 N–H and O–H groups in total. The van der Waals surface area contributed by atoms with Crippen LogP contribution in [-0.2, 0) is 16.1 Å². The molecule has 0 saturated carbocycles. The van der Waals surface area contributed by atoms with Crippen LogP contribution in [-0.4, -0.2) is 37.2 Å². The van der Waals surface area contributed by atoms with Crippen molar-refractivity contribution in [3.05, 3.63) is 65.7 Å². The first kappa shape index (κ1) is 19.6. The van der Waals surface area contributed by atoms with Gasteiger partial charge < -0.3 is 14.9 Å². The fraction of sp³-hybridized carbons (Fsp3) is 0.318. The van der Waals surface area contributed by atoms with Crippen molar-refractivity contribution in [1.29, 1.82) is 0 Å². The van der Waals surface area contributed by atoms with Crippen LogP contribution in [0.2, 0.25) is 0 Å². The number of ketones is 1. The van der Waals surface area contributed by atoms with Crippen molar-refractivity contribution in [3.8, 4) is 5.75 Å². The molecular weight excluding hydrogens is 356 g/mol. The number of amides is 1. The average Bonchev–Trinajstić information content (AvgIpc) is 3.19. The van der Waals surface area contributed by atoms with E-state index in [2.05, 4.69) is 10.5 Å². The van der Waals surface area contributed by atoms with E-state index < -0.39 is 0 Å². The molecule has 6 nitrogen and oxygen atoms in total. The monoisotopic (exact) mass is 380 g/mol. The minimum absolute atomic E-state index is 0.0297. The lowest BCUT2D eigenvalue weighted by molar-refractivity contribution is -0.121. The smallest absolute Gasteiger partial charge is 0.220 e. The zero-order chi connectivity index (χ0) is 19.8. The Kier molecular flexibility index (Phi) is 6.78. The van der Waals surface area contributed by atoms with Gasteiger partial charge in [-0.15, -0.1) is 0 Å². The van der Waals surface area contributed by atoms with Crippen molar-refractivity contribution >= 4 is 17.4 Å². The number of carbonyl (C=O) groups excluding carboxylic acids is 2. The van der Waals surface area contributed by atoms with Crippen LogP contribution >= 0.6 is 0 Å². The zero-order valence-electron chi connectivity index (χ0n) is 15.9. The Hall–Kier alpha value is -3.15. The summed E-state index contributed by atoms with van der Waals surface area (Å²) in [7, 11) is 1.64. The molecule has 0 bridgehead atoms. The second-order valence-corrected chi connectivity index (χ2v) is 6.71. The molecule has 1 aliphatic rings. The summed E-state index contributed by atoms with van der Waals surface area (Å²) in [6.45, 7) is 0.383. The molecule has 1 aliphatic heterocycles. The standard InChI is InChI=1S/C22H24N2O4/c1-27-19-9-7-16(8-10-19)13-18-14-20(28-24-18)15-23-22(26)12-11-21(25)17-5-3-2-4-6-17/h2-10,20H,11-15H2,1H3,(H,23,26). The summed E-state index contributed by atoms with van der Waals surface area (Å²) in [6, 6.07) is 16.8. The number of rotatable bonds is 9. The van der Waals surface area contributed by atoms with E-state index in [-0.39, 0.29) is 30.6 Å². The molecule has 28 heavy (non-hydrogen) atoms. The molecule has 1 unspecified atom stereocenters. The van der Waals surface area contributed by atoms with E-state index in [0.29, 0.717) is 24.9 Å². The Bertz CT molecular complexity index is 831. The van der Waals surface area contributed by atoms with E-state index in [0.717, 1.165) is 17.0 Å². The van der Waals surface area contributed by atoms with Gasteiger partial charge in [-0.2, -0.15) is 0 Å². The molecule has 0 aromatic heterocycles. The molecule has 0 saturated heterocycles. The predicted octanol–water partition coefficient (Wildman–Crippen LogP) is 3.16. The number of benzene rings is 2. The maximum atomic E-state index is 12.0. The minimum atomic E-state index is -0.165. The molecule has 0 aliphatic carbocycles. The molecule has 0 fully saturated rings. The van der Waals surface area contributed by atoms with Gasteiger partial charge in [0.15, 0.2) is 5.78 Å². The number of oxime groups is 1. The number of Topliss-reactive ketones (excluding diaryl/α,β-unsaturated/α-hetero) is 1. The van der Waals surface area contributed by atoms with E-state index in [9.17, 15) is 9.59 Å². The van der Waals surface area contributed by atoms with Crippen molar-refractivity contribution in [1.82, 2.24) is 5.32 Å². The van der Waals surface area contributed by atoms with Gasteiger partial charge in [-0.1, -0.05) is 47.6 Å². The highest BCUT2D eigenvalue weighted by atomic mass is 16.6. The van der Waals surface area contributed by atoms with Crippen molar-refractivity contribution in [2.45, 2.75) is 31.8 Å². The van der Waals surface area contributed by atoms with Gasteiger partial charge >= 0.3 is 0 Å². The lowest BCUT2D eigenvalue weighted by Gasteiger charge is -2.10. The van der Waals surface area contributed by atoms with Crippen LogP contribution in [0, 0.1) is 0 Å². The molecule has 0 radical (unpaired) electrons. The summed E-state index contributed by atoms with van der Waals surface area (Å²) in [6.07, 6.45) is 1.58. The number of methoxy groups -OCH3 is 1. The molecular formula is C22H24N2O4. The first-order valence-electron chi connectivity index (χ1n) is 9.33. The maximum absolute atomic E-state index is 12.0. The Labute approximate surface area is 164 Å². The molecule has 1 heterocycles. The number of carbonyl (C=O) groups is 2. The van der Waals surface area contributed by atoms with Crippen molar-refractivity contribution in [2.24, 2.45) is 5.16 Å². The van der Waals surface area contributed by atoms with Gasteiger partial charge in [0.2, 0.25) is 5.91 Å². The van der Waals surface area contributed by atoms with Crippen LogP contribution < -0.4 is 10.1 Å². The van der Waals surface area contributed by atoms with Crippen molar-refractivity contribution in [2.75, 3.05) is 13.7 Å². The van der Waals surface area contributed by atoms with E-state index >= 15 is 0 Å². The SMILES string of the molecule is COc1ccc(CC2=NOC(CNC(=O)CCC(=O)c3ccccc3)C2)cc1. The van der Waals surface area contributed by atoms with E-state index in [1.807, 2.05) is 42.5 Å². The second-order valence-electron chi connectivity index (χ2n) is 6.71. The van der Waals surface area contributed by atoms with Gasteiger partial charge in [-0.25, -0.2) is 0 Å². The Morgan fingerprint density at radius 3 is 2.57 bits per heavy atom. The van der Waals surface area contributed by atoms with Crippen LogP contribution in [0.1, 0.15) is 35.2 Å². The van der Waals surface area contributed by atoms with Crippen molar-refractivity contribution in [3.63, 3.8) is 0 Å². The van der Waals surface area contributed by atoms with Crippen LogP contribution in [0.15, 0.2) is 59.8 Å². The van der Waals surface area contributed by atoms with Gasteiger partial charge in [0.25, 0.3) is 0 Å². The fourth-order valence-corrected chi connectivity index (χ4v) is 2.99. The maximum Gasteiger partial charge on any atom is 0.220 e. The molecule has 2 aromatic rings. The highest BCUT2D eigenvalue weighted by Gasteiger charge is 2.22. The second kappa shape index (κ2) is 9.69. The number of nitrogens with one attached hydrogen (secondary N) is 1. The van der Waals surface area contributed by atoms with Crippen LogP contribution in [0.4, 0.5) is 0 Å². The number of hydrogen-bond acceptors (Lipinski definition) is 5. The van der Waals surface area contributed by atoms with Crippen LogP contribution in [0.25, 0.3) is 0 Å². The van der Waals surface area contributed by atoms with E-state index in [4.69, 9.17) is 9.57 Å². The summed E-state index contributed by atoms with van der Waals surface area (Å²) in [5, 5.41) is 6.95. The number of nitrogens with zero attached hydrogens (tertiary/aromatic N) is 1. The Balaban J connectivity index is 1.35. The number of hydrogen-bond donors (Lipinski definition) is 1. The van der Waals surface area contributed by atoms with Crippen LogP contribution in [0.5, 0.6) is 5.75 Å². The summed E-state index contributed by atoms with van der Waals surface area (Å²) >= 11 is 0. The lowest BCUT2D eigenvalue weighted by atomic mass is 10.0. The molecule has 1 atom stereocenters. The Morgan fingerprint density at radius 1 is 1.11 bits per heavy atom. The largest absolute Gasteiger partial charge is 0.497 e. The number of ether oxygens (including phenoxy) is 1. The molecule has 6 heteroatoms. The van der Waals surface area contributed by atoms with E-state index in [1.165, 1.54) is 0 Å². The minimum Gasteiger partial charge on any atom is -0.497 e. The molecule has 2 aromatic carbocycles. The third-order valence-electron chi connectivity index (χ3n) is 4.56. The van der Waals surface area contributed by atoms with Gasteiger partial charge in [-0.05, 0) is 17.7 Å². The fourth-order valence-electron chi connectivity index (χ4n) is 2.99. The van der Waals surface area contributed by atoms with E-state index in [1.54, 1.807) is 19.2 Å². The van der Waals surface area contributed by atoms with Crippen LogP contribution in [0.3, 0.4) is 0 Å². The summed E-state index contributed by atoms with van der Waals surface area (Å²) < 4.78 is 5.15. The highest BCUT2D eigenvalue weighted by Crippen LogP contribution is 2.17. The van der Waals surface area contributed by atoms with Gasteiger partial charge in [-0.3, -0.25) is 9.59 Å². The van der Waals surface area contributed by atoms with Gasteiger partial charge in [0.1, 0.15) is 11.9 Å². The quantitative estimate of drug-likeness (QED) is 0.678. The zero-order valence-corrected chi connectivity index (χ0v) is 15.9. The predicted molar refractivity (Wildman–Crippen MR) is 107 cm³/mol. The Morgan fingerprint density at radius 2 is 1.86 bits per heavy atom. The summed E-state index contributed by atoms with van der Waals surface area (Å²) in [4.78, 5) is 29.4. The molecule has 1 amide bonds. The summed E-state index contributed by atoms with van der Waals surface area (Å²) in [5.74, 6) is 0.633. The summed E-state index contributed by atoms with van der Waals surface area (Å²) in [5.41, 5.74) is 2.71. The third kappa shape index (κ3) is 5.67.